The Morgan fingerprint density at radius 2 is 1.87 bits per heavy atom. The summed E-state index contributed by atoms with van der Waals surface area (Å²) in [4.78, 5) is 11.5. The summed E-state index contributed by atoms with van der Waals surface area (Å²) in [6.45, 7) is 3.60. The van der Waals surface area contributed by atoms with Gasteiger partial charge in [-0.15, -0.1) is 0 Å². The van der Waals surface area contributed by atoms with Gasteiger partial charge < -0.3 is 4.74 Å². The quantitative estimate of drug-likeness (QED) is 0.620. The molecule has 0 amide bonds. The number of esters is 1. The van der Waals surface area contributed by atoms with E-state index in [0.29, 0.717) is 12.2 Å². The van der Waals surface area contributed by atoms with Crippen LogP contribution < -0.4 is 0 Å². The fourth-order valence-electron chi connectivity index (χ4n) is 1.04. The highest BCUT2D eigenvalue weighted by molar-refractivity contribution is 9.11. The predicted molar refractivity (Wildman–Crippen MR) is 63.5 cm³/mol. The van der Waals surface area contributed by atoms with Gasteiger partial charge in [0, 0.05) is 4.48 Å². The number of allylic oxidation sites excluding steroid dienone is 2. The largest absolute Gasteiger partial charge is 0.430 e. The standard InChI is InChI=1S/C12H13BrO2/c1-9(13)10(2)15-12(14)8-11-6-4-3-5-7-11/h3-7H,8H2,1-2H3/b10-9+. The van der Waals surface area contributed by atoms with Crippen LogP contribution in [0, 0.1) is 0 Å². The van der Waals surface area contributed by atoms with Crippen molar-refractivity contribution < 1.29 is 9.53 Å². The van der Waals surface area contributed by atoms with Crippen molar-refractivity contribution in [3.63, 3.8) is 0 Å². The van der Waals surface area contributed by atoms with E-state index < -0.39 is 0 Å². The first-order valence-corrected chi connectivity index (χ1v) is 5.46. The summed E-state index contributed by atoms with van der Waals surface area (Å²) in [6.07, 6.45) is 0.304. The molecule has 0 fully saturated rings. The Labute approximate surface area is 98.1 Å². The van der Waals surface area contributed by atoms with Crippen LogP contribution in [0.5, 0.6) is 0 Å². The van der Waals surface area contributed by atoms with Gasteiger partial charge in [0.2, 0.25) is 0 Å². The molecule has 0 spiro atoms. The first-order chi connectivity index (χ1) is 7.09. The van der Waals surface area contributed by atoms with E-state index in [0.717, 1.165) is 10.0 Å². The Morgan fingerprint density at radius 1 is 1.27 bits per heavy atom. The van der Waals surface area contributed by atoms with Gasteiger partial charge in [-0.3, -0.25) is 4.79 Å². The Morgan fingerprint density at radius 3 is 2.40 bits per heavy atom. The average molecular weight is 269 g/mol. The third-order valence-electron chi connectivity index (χ3n) is 1.94. The van der Waals surface area contributed by atoms with Crippen LogP contribution in [0.3, 0.4) is 0 Å². The van der Waals surface area contributed by atoms with Crippen LogP contribution >= 0.6 is 15.9 Å². The molecule has 1 rings (SSSR count). The molecule has 0 aromatic heterocycles. The molecule has 0 saturated carbocycles. The van der Waals surface area contributed by atoms with E-state index in [9.17, 15) is 4.79 Å². The minimum absolute atomic E-state index is 0.238. The summed E-state index contributed by atoms with van der Waals surface area (Å²) in [6, 6.07) is 9.54. The van der Waals surface area contributed by atoms with Crippen molar-refractivity contribution in [3.8, 4) is 0 Å². The zero-order valence-corrected chi connectivity index (χ0v) is 10.4. The molecule has 0 saturated heterocycles. The second kappa shape index (κ2) is 5.71. The van der Waals surface area contributed by atoms with E-state index in [1.54, 1.807) is 6.92 Å². The van der Waals surface area contributed by atoms with Crippen LogP contribution in [0.2, 0.25) is 0 Å². The third-order valence-corrected chi connectivity index (χ3v) is 2.50. The molecule has 3 heteroatoms. The van der Waals surface area contributed by atoms with E-state index in [1.807, 2.05) is 37.3 Å². The normalized spacial score (nSPS) is 11.9. The lowest BCUT2D eigenvalue weighted by molar-refractivity contribution is -0.138. The van der Waals surface area contributed by atoms with Gasteiger partial charge in [0.25, 0.3) is 0 Å². The molecule has 0 radical (unpaired) electrons. The van der Waals surface area contributed by atoms with E-state index >= 15 is 0 Å². The molecule has 0 aliphatic carbocycles. The van der Waals surface area contributed by atoms with Gasteiger partial charge >= 0.3 is 5.97 Å². The van der Waals surface area contributed by atoms with Gasteiger partial charge in [-0.05, 0) is 19.4 Å². The fraction of sp³-hybridized carbons (Fsp3) is 0.250. The maximum atomic E-state index is 11.5. The van der Waals surface area contributed by atoms with Crippen LogP contribution in [-0.4, -0.2) is 5.97 Å². The van der Waals surface area contributed by atoms with Crippen LogP contribution in [0.1, 0.15) is 19.4 Å². The maximum Gasteiger partial charge on any atom is 0.315 e. The predicted octanol–water partition coefficient (Wildman–Crippen LogP) is 3.42. The Balaban J connectivity index is 2.55. The number of ether oxygens (including phenoxy) is 1. The fourth-order valence-corrected chi connectivity index (χ4v) is 1.12. The molecular weight excluding hydrogens is 256 g/mol. The first kappa shape index (κ1) is 12.0. The summed E-state index contributed by atoms with van der Waals surface area (Å²) >= 11 is 3.26. The van der Waals surface area contributed by atoms with Gasteiger partial charge in [-0.25, -0.2) is 0 Å². The van der Waals surface area contributed by atoms with Gasteiger partial charge in [0.15, 0.2) is 0 Å². The number of carbonyl (C=O) groups excluding carboxylic acids is 1. The number of halogens is 1. The van der Waals surface area contributed by atoms with Crippen LogP contribution in [-0.2, 0) is 16.0 Å². The van der Waals surface area contributed by atoms with Gasteiger partial charge in [-0.2, -0.15) is 0 Å². The minimum Gasteiger partial charge on any atom is -0.430 e. The average Bonchev–Trinajstić information content (AvgIpc) is 2.18. The molecule has 0 unspecified atom stereocenters. The third kappa shape index (κ3) is 4.30. The van der Waals surface area contributed by atoms with E-state index in [1.165, 1.54) is 0 Å². The summed E-state index contributed by atoms with van der Waals surface area (Å²) in [5, 5.41) is 0. The first-order valence-electron chi connectivity index (χ1n) is 4.67. The zero-order valence-electron chi connectivity index (χ0n) is 8.79. The molecule has 0 atom stereocenters. The smallest absolute Gasteiger partial charge is 0.315 e. The number of hydrogen-bond acceptors (Lipinski definition) is 2. The monoisotopic (exact) mass is 268 g/mol. The molecule has 15 heavy (non-hydrogen) atoms. The second-order valence-corrected chi connectivity index (χ2v) is 4.42. The van der Waals surface area contributed by atoms with Crippen molar-refractivity contribution in [2.45, 2.75) is 20.3 Å². The van der Waals surface area contributed by atoms with Crippen molar-refractivity contribution >= 4 is 21.9 Å². The van der Waals surface area contributed by atoms with Crippen molar-refractivity contribution in [1.29, 1.82) is 0 Å². The Hall–Kier alpha value is -1.09. The maximum absolute atomic E-state index is 11.5. The summed E-state index contributed by atoms with van der Waals surface area (Å²) in [5.41, 5.74) is 0.961. The molecule has 2 nitrogen and oxygen atoms in total. The highest BCUT2D eigenvalue weighted by Crippen LogP contribution is 2.12. The van der Waals surface area contributed by atoms with Crippen LogP contribution in [0.25, 0.3) is 0 Å². The molecule has 0 aliphatic heterocycles. The molecule has 1 aromatic rings. The summed E-state index contributed by atoms with van der Waals surface area (Å²) in [7, 11) is 0. The highest BCUT2D eigenvalue weighted by atomic mass is 79.9. The SMILES string of the molecule is C/C(Br)=C(/C)OC(=O)Cc1ccccc1. The van der Waals surface area contributed by atoms with Crippen LogP contribution in [0.15, 0.2) is 40.6 Å². The highest BCUT2D eigenvalue weighted by Gasteiger charge is 2.06. The molecule has 0 bridgehead atoms. The molecule has 1 aromatic carbocycles. The van der Waals surface area contributed by atoms with Crippen molar-refractivity contribution in [2.24, 2.45) is 0 Å². The zero-order chi connectivity index (χ0) is 11.3. The molecule has 0 N–H and O–H groups in total. The molecule has 0 aliphatic rings. The molecule has 80 valence electrons. The lowest BCUT2D eigenvalue weighted by Crippen LogP contribution is -2.06. The summed E-state index contributed by atoms with van der Waals surface area (Å²) in [5.74, 6) is 0.369. The minimum atomic E-state index is -0.238. The number of hydrogen-bond donors (Lipinski definition) is 0. The summed E-state index contributed by atoms with van der Waals surface area (Å²) < 4.78 is 5.95. The Kier molecular flexibility index (Phi) is 4.56. The number of carbonyl (C=O) groups is 1. The van der Waals surface area contributed by atoms with Crippen molar-refractivity contribution in [2.75, 3.05) is 0 Å². The lowest BCUT2D eigenvalue weighted by atomic mass is 10.2. The molecule has 0 heterocycles. The molecular formula is C12H13BrO2. The van der Waals surface area contributed by atoms with Gasteiger partial charge in [0.1, 0.15) is 5.76 Å². The number of rotatable bonds is 3. The second-order valence-electron chi connectivity index (χ2n) is 3.23. The van der Waals surface area contributed by atoms with E-state index in [4.69, 9.17) is 4.74 Å². The van der Waals surface area contributed by atoms with Crippen molar-refractivity contribution in [3.05, 3.63) is 46.1 Å². The lowest BCUT2D eigenvalue weighted by Gasteiger charge is -2.05. The van der Waals surface area contributed by atoms with E-state index in [2.05, 4.69) is 15.9 Å². The van der Waals surface area contributed by atoms with Gasteiger partial charge in [0.05, 0.1) is 6.42 Å². The van der Waals surface area contributed by atoms with E-state index in [-0.39, 0.29) is 5.97 Å². The van der Waals surface area contributed by atoms with Gasteiger partial charge in [-0.1, -0.05) is 46.3 Å². The number of benzene rings is 1. The van der Waals surface area contributed by atoms with Crippen molar-refractivity contribution in [1.82, 2.24) is 0 Å². The van der Waals surface area contributed by atoms with Crippen LogP contribution in [0.4, 0.5) is 0 Å². The topological polar surface area (TPSA) is 26.3 Å². The Bertz CT molecular complexity index is 364.